The minimum atomic E-state index is -0.346. The molecule has 3 rings (SSSR count). The van der Waals surface area contributed by atoms with Gasteiger partial charge in [-0.05, 0) is 34.5 Å². The summed E-state index contributed by atoms with van der Waals surface area (Å²) in [7, 11) is 0. The van der Waals surface area contributed by atoms with Crippen molar-refractivity contribution in [3.8, 4) is 11.5 Å². The van der Waals surface area contributed by atoms with E-state index in [9.17, 15) is 4.79 Å². The van der Waals surface area contributed by atoms with Crippen LogP contribution in [0, 0.1) is 0 Å². The maximum absolute atomic E-state index is 12.1. The third kappa shape index (κ3) is 4.16. The van der Waals surface area contributed by atoms with Crippen molar-refractivity contribution < 1.29 is 24.1 Å². The van der Waals surface area contributed by atoms with Gasteiger partial charge in [-0.2, -0.15) is 11.3 Å². The van der Waals surface area contributed by atoms with Crippen molar-refractivity contribution in [2.45, 2.75) is 6.10 Å². The van der Waals surface area contributed by atoms with E-state index in [0.717, 1.165) is 5.56 Å². The van der Waals surface area contributed by atoms with Crippen LogP contribution in [0.25, 0.3) is 0 Å². The molecular formula is C16H18N2O5S. The average Bonchev–Trinajstić information content (AvgIpc) is 3.26. The number of hydrogen-bond acceptors (Lipinski definition) is 6. The van der Waals surface area contributed by atoms with E-state index in [1.807, 2.05) is 16.8 Å². The molecule has 1 aliphatic heterocycles. The number of thiophene rings is 1. The fourth-order valence-corrected chi connectivity index (χ4v) is 2.96. The molecule has 24 heavy (non-hydrogen) atoms. The largest absolute Gasteiger partial charge is 0.454 e. The van der Waals surface area contributed by atoms with Gasteiger partial charge in [0.1, 0.15) is 6.10 Å². The lowest BCUT2D eigenvalue weighted by atomic mass is 10.2. The van der Waals surface area contributed by atoms with E-state index in [4.69, 9.17) is 19.3 Å². The van der Waals surface area contributed by atoms with Crippen LogP contribution < -0.4 is 20.1 Å². The molecule has 8 heteroatoms. The van der Waals surface area contributed by atoms with Crippen molar-refractivity contribution in [1.29, 1.82) is 0 Å². The van der Waals surface area contributed by atoms with Crippen LogP contribution in [-0.4, -0.2) is 37.7 Å². The number of anilines is 1. The molecule has 2 aromatic rings. The Morgan fingerprint density at radius 1 is 1.33 bits per heavy atom. The van der Waals surface area contributed by atoms with Crippen LogP contribution in [0.3, 0.4) is 0 Å². The number of nitrogens with one attached hydrogen (secondary N) is 2. The SMILES string of the molecule is O=C(NCC(OCCO)c1ccsc1)Nc1ccc2c(c1)OCO2. The van der Waals surface area contributed by atoms with Crippen LogP contribution in [0.2, 0.25) is 0 Å². The summed E-state index contributed by atoms with van der Waals surface area (Å²) in [5.41, 5.74) is 1.58. The normalized spacial score (nSPS) is 13.5. The van der Waals surface area contributed by atoms with Crippen LogP contribution >= 0.6 is 11.3 Å². The fourth-order valence-electron chi connectivity index (χ4n) is 2.26. The van der Waals surface area contributed by atoms with Gasteiger partial charge in [-0.15, -0.1) is 0 Å². The third-order valence-corrected chi connectivity index (χ3v) is 4.11. The zero-order valence-electron chi connectivity index (χ0n) is 12.9. The predicted octanol–water partition coefficient (Wildman–Crippen LogP) is 2.35. The molecule has 0 fully saturated rings. The van der Waals surface area contributed by atoms with Gasteiger partial charge in [-0.1, -0.05) is 0 Å². The monoisotopic (exact) mass is 350 g/mol. The molecule has 2 amide bonds. The molecule has 0 aliphatic carbocycles. The van der Waals surface area contributed by atoms with Crippen molar-refractivity contribution in [2.75, 3.05) is 31.9 Å². The summed E-state index contributed by atoms with van der Waals surface area (Å²) in [5.74, 6) is 1.27. The highest BCUT2D eigenvalue weighted by Gasteiger charge is 2.16. The maximum Gasteiger partial charge on any atom is 0.319 e. The van der Waals surface area contributed by atoms with E-state index in [0.29, 0.717) is 23.7 Å². The number of fused-ring (bicyclic) bond motifs is 1. The van der Waals surface area contributed by atoms with Gasteiger partial charge in [-0.25, -0.2) is 4.79 Å². The highest BCUT2D eigenvalue weighted by Crippen LogP contribution is 2.34. The quantitative estimate of drug-likeness (QED) is 0.713. The Bertz CT molecular complexity index is 677. The van der Waals surface area contributed by atoms with Crippen LogP contribution in [-0.2, 0) is 4.74 Å². The van der Waals surface area contributed by atoms with E-state index >= 15 is 0 Å². The van der Waals surface area contributed by atoms with Crippen molar-refractivity contribution in [3.05, 3.63) is 40.6 Å². The van der Waals surface area contributed by atoms with E-state index in [-0.39, 0.29) is 32.1 Å². The van der Waals surface area contributed by atoms with Crippen molar-refractivity contribution in [3.63, 3.8) is 0 Å². The predicted molar refractivity (Wildman–Crippen MR) is 89.7 cm³/mol. The molecule has 1 unspecified atom stereocenters. The molecule has 128 valence electrons. The summed E-state index contributed by atoms with van der Waals surface area (Å²) in [6, 6.07) is 6.79. The van der Waals surface area contributed by atoms with Gasteiger partial charge in [0.25, 0.3) is 0 Å². The van der Waals surface area contributed by atoms with Gasteiger partial charge in [0.15, 0.2) is 11.5 Å². The van der Waals surface area contributed by atoms with Crippen molar-refractivity contribution >= 4 is 23.1 Å². The van der Waals surface area contributed by atoms with E-state index < -0.39 is 0 Å². The topological polar surface area (TPSA) is 89.1 Å². The summed E-state index contributed by atoms with van der Waals surface area (Å²) in [6.07, 6.45) is -0.300. The number of amides is 2. The first-order valence-electron chi connectivity index (χ1n) is 7.45. The molecule has 1 aromatic heterocycles. The Hall–Kier alpha value is -2.29. The molecule has 0 bridgehead atoms. The minimum Gasteiger partial charge on any atom is -0.454 e. The second-order valence-corrected chi connectivity index (χ2v) is 5.82. The lowest BCUT2D eigenvalue weighted by Gasteiger charge is -2.17. The summed E-state index contributed by atoms with van der Waals surface area (Å²) in [5, 5.41) is 18.3. The van der Waals surface area contributed by atoms with Gasteiger partial charge < -0.3 is 30.0 Å². The number of rotatable bonds is 7. The summed E-state index contributed by atoms with van der Waals surface area (Å²) >= 11 is 1.55. The van der Waals surface area contributed by atoms with Gasteiger partial charge >= 0.3 is 6.03 Å². The highest BCUT2D eigenvalue weighted by molar-refractivity contribution is 7.07. The van der Waals surface area contributed by atoms with Gasteiger partial charge in [0.2, 0.25) is 6.79 Å². The van der Waals surface area contributed by atoms with Gasteiger partial charge in [0, 0.05) is 18.3 Å². The molecule has 7 nitrogen and oxygen atoms in total. The fraction of sp³-hybridized carbons (Fsp3) is 0.312. The average molecular weight is 350 g/mol. The Labute approximate surface area is 143 Å². The zero-order valence-corrected chi connectivity index (χ0v) is 13.7. The molecule has 2 heterocycles. The molecular weight excluding hydrogens is 332 g/mol. The summed E-state index contributed by atoms with van der Waals surface area (Å²) < 4.78 is 16.1. The van der Waals surface area contributed by atoms with Crippen molar-refractivity contribution in [2.24, 2.45) is 0 Å². The lowest BCUT2D eigenvalue weighted by molar-refractivity contribution is 0.0299. The van der Waals surface area contributed by atoms with Gasteiger partial charge in [0.05, 0.1) is 13.2 Å². The number of carbonyl (C=O) groups is 1. The van der Waals surface area contributed by atoms with Gasteiger partial charge in [-0.3, -0.25) is 0 Å². The summed E-state index contributed by atoms with van der Waals surface area (Å²) in [4.78, 5) is 12.1. The zero-order chi connectivity index (χ0) is 16.8. The second kappa shape index (κ2) is 8.00. The van der Waals surface area contributed by atoms with E-state index in [1.165, 1.54) is 0 Å². The van der Waals surface area contributed by atoms with Crippen LogP contribution in [0.1, 0.15) is 11.7 Å². The molecule has 1 aromatic carbocycles. The molecule has 1 atom stereocenters. The Kier molecular flexibility index (Phi) is 5.52. The Morgan fingerprint density at radius 2 is 2.21 bits per heavy atom. The Balaban J connectivity index is 1.53. The maximum atomic E-state index is 12.1. The smallest absolute Gasteiger partial charge is 0.319 e. The number of urea groups is 1. The number of benzene rings is 1. The van der Waals surface area contributed by atoms with Crippen LogP contribution in [0.5, 0.6) is 11.5 Å². The lowest BCUT2D eigenvalue weighted by Crippen LogP contribution is -2.33. The number of carbonyl (C=O) groups excluding carboxylic acids is 1. The first kappa shape index (κ1) is 16.6. The molecule has 1 aliphatic rings. The number of ether oxygens (including phenoxy) is 3. The van der Waals surface area contributed by atoms with Crippen LogP contribution in [0.4, 0.5) is 10.5 Å². The first-order valence-corrected chi connectivity index (χ1v) is 8.39. The molecule has 0 saturated heterocycles. The molecule has 0 spiro atoms. The third-order valence-electron chi connectivity index (χ3n) is 3.40. The number of aliphatic hydroxyl groups excluding tert-OH is 1. The highest BCUT2D eigenvalue weighted by atomic mass is 32.1. The molecule has 3 N–H and O–H groups in total. The minimum absolute atomic E-state index is 0.0654. The Morgan fingerprint density at radius 3 is 3.00 bits per heavy atom. The summed E-state index contributed by atoms with van der Waals surface area (Å²) in [6.45, 7) is 0.638. The standard InChI is InChI=1S/C16H18N2O5S/c19-4-5-21-15(11-3-6-24-9-11)8-17-16(20)18-12-1-2-13-14(7-12)23-10-22-13/h1-3,6-7,9,15,19H,4-5,8,10H2,(H2,17,18,20). The number of aliphatic hydroxyl groups is 1. The first-order chi connectivity index (χ1) is 11.8. The number of hydrogen-bond donors (Lipinski definition) is 3. The second-order valence-electron chi connectivity index (χ2n) is 5.04. The molecule has 0 radical (unpaired) electrons. The molecule has 0 saturated carbocycles. The van der Waals surface area contributed by atoms with E-state index in [2.05, 4.69) is 10.6 Å². The van der Waals surface area contributed by atoms with E-state index in [1.54, 1.807) is 29.5 Å². The van der Waals surface area contributed by atoms with Crippen LogP contribution in [0.15, 0.2) is 35.0 Å². The van der Waals surface area contributed by atoms with Crippen molar-refractivity contribution in [1.82, 2.24) is 5.32 Å².